The van der Waals surface area contributed by atoms with Crippen molar-refractivity contribution in [2.45, 2.75) is 43.4 Å². The minimum Gasteiger partial charge on any atom is -0.461 e. The molecule has 10 heteroatoms. The van der Waals surface area contributed by atoms with E-state index < -0.39 is 12.0 Å². The number of ether oxygens (including phenoxy) is 2. The molecule has 3 saturated heterocycles. The number of hydrogen-bond acceptors (Lipinski definition) is 7. The lowest BCUT2D eigenvalue weighted by Crippen LogP contribution is -2.49. The van der Waals surface area contributed by atoms with Crippen LogP contribution < -0.4 is 9.64 Å². The van der Waals surface area contributed by atoms with Crippen LogP contribution in [0, 0.1) is 17.2 Å². The van der Waals surface area contributed by atoms with Gasteiger partial charge in [0.1, 0.15) is 24.1 Å². The van der Waals surface area contributed by atoms with Crippen molar-refractivity contribution in [3.8, 4) is 6.01 Å². The molecule has 3 aliphatic heterocycles. The molecular weight excluding hydrogens is 447 g/mol. The highest BCUT2D eigenvalue weighted by Crippen LogP contribution is 2.66. The second kappa shape index (κ2) is 7.27. The summed E-state index contributed by atoms with van der Waals surface area (Å²) in [6, 6.07) is -0.303. The molecule has 2 aromatic rings. The summed E-state index contributed by atoms with van der Waals surface area (Å²) < 4.78 is 54.5. The summed E-state index contributed by atoms with van der Waals surface area (Å²) in [4.78, 5) is 17.2. The van der Waals surface area contributed by atoms with E-state index in [-0.39, 0.29) is 34.4 Å². The molecule has 0 aromatic carbocycles. The first-order chi connectivity index (χ1) is 16.6. The summed E-state index contributed by atoms with van der Waals surface area (Å²) in [5.41, 5.74) is 0.732. The van der Waals surface area contributed by atoms with E-state index in [2.05, 4.69) is 19.9 Å². The van der Waals surface area contributed by atoms with E-state index in [0.717, 1.165) is 43.9 Å². The molecule has 0 N–H and O–H groups in total. The van der Waals surface area contributed by atoms with Gasteiger partial charge in [-0.25, -0.2) is 13.2 Å². The van der Waals surface area contributed by atoms with Gasteiger partial charge < -0.3 is 14.4 Å². The van der Waals surface area contributed by atoms with Gasteiger partial charge in [0, 0.05) is 25.2 Å². The predicted molar refractivity (Wildman–Crippen MR) is 118 cm³/mol. The van der Waals surface area contributed by atoms with Crippen molar-refractivity contribution in [1.29, 1.82) is 0 Å². The summed E-state index contributed by atoms with van der Waals surface area (Å²) in [5, 5.41) is 0.426. The highest BCUT2D eigenvalue weighted by Gasteiger charge is 2.67. The SMILES string of the molecule is F/C=C1/CN2CCC3(CC3)[C@@]2(COc2nc(N3CCOC[C@H]4[C@H](F)[C@H]43)c3cncc(F)c3n2)C1. The Bertz CT molecular complexity index is 1190. The molecule has 0 amide bonds. The van der Waals surface area contributed by atoms with Crippen LogP contribution in [-0.4, -0.2) is 77.1 Å². The number of alkyl halides is 1. The molecule has 0 bridgehead atoms. The van der Waals surface area contributed by atoms with Gasteiger partial charge in [0.25, 0.3) is 0 Å². The van der Waals surface area contributed by atoms with Gasteiger partial charge in [0.05, 0.1) is 42.7 Å². The molecule has 1 spiro atoms. The number of hydrogen-bond donors (Lipinski definition) is 0. The number of nitrogens with zero attached hydrogens (tertiary/aromatic N) is 5. The Morgan fingerprint density at radius 3 is 2.91 bits per heavy atom. The van der Waals surface area contributed by atoms with Gasteiger partial charge in [-0.2, -0.15) is 9.97 Å². The lowest BCUT2D eigenvalue weighted by atomic mass is 9.80. The smallest absolute Gasteiger partial charge is 0.319 e. The number of anilines is 1. The van der Waals surface area contributed by atoms with Crippen molar-refractivity contribution in [2.24, 2.45) is 11.3 Å². The topological polar surface area (TPSA) is 63.6 Å². The molecule has 7 rings (SSSR count). The molecule has 5 heterocycles. The fraction of sp³-hybridized carbons (Fsp3) is 0.625. The monoisotopic (exact) mass is 473 g/mol. The van der Waals surface area contributed by atoms with Gasteiger partial charge in [-0.1, -0.05) is 0 Å². The first kappa shape index (κ1) is 20.9. The van der Waals surface area contributed by atoms with E-state index in [4.69, 9.17) is 9.47 Å². The summed E-state index contributed by atoms with van der Waals surface area (Å²) in [6.07, 6.45) is 6.24. The summed E-state index contributed by atoms with van der Waals surface area (Å²) in [6.45, 7) is 3.08. The fourth-order valence-electron chi connectivity index (χ4n) is 6.70. The second-order valence-electron chi connectivity index (χ2n) is 10.4. The van der Waals surface area contributed by atoms with Crippen LogP contribution in [0.15, 0.2) is 24.3 Å². The van der Waals surface area contributed by atoms with E-state index in [9.17, 15) is 13.2 Å². The number of rotatable bonds is 4. The quantitative estimate of drug-likeness (QED) is 0.676. The van der Waals surface area contributed by atoms with Crippen LogP contribution in [0.3, 0.4) is 0 Å². The zero-order chi connectivity index (χ0) is 23.1. The highest BCUT2D eigenvalue weighted by atomic mass is 19.1. The number of aromatic nitrogens is 3. The van der Waals surface area contributed by atoms with E-state index >= 15 is 0 Å². The van der Waals surface area contributed by atoms with E-state index in [1.54, 1.807) is 0 Å². The van der Waals surface area contributed by atoms with E-state index in [1.807, 2.05) is 4.90 Å². The van der Waals surface area contributed by atoms with Crippen LogP contribution in [-0.2, 0) is 4.74 Å². The second-order valence-corrected chi connectivity index (χ2v) is 10.4. The van der Waals surface area contributed by atoms with Gasteiger partial charge in [0.2, 0.25) is 0 Å². The maximum Gasteiger partial charge on any atom is 0.319 e. The Balaban J connectivity index is 1.26. The minimum absolute atomic E-state index is 0.0556. The van der Waals surface area contributed by atoms with Gasteiger partial charge >= 0.3 is 6.01 Å². The average Bonchev–Trinajstić information content (AvgIpc) is 3.71. The van der Waals surface area contributed by atoms with Crippen LogP contribution in [0.25, 0.3) is 10.9 Å². The Kier molecular flexibility index (Phi) is 4.46. The summed E-state index contributed by atoms with van der Waals surface area (Å²) in [5.74, 6) is -0.377. The third-order valence-corrected chi connectivity index (χ3v) is 8.79. The molecule has 4 atom stereocenters. The predicted octanol–water partition coefficient (Wildman–Crippen LogP) is 3.20. The lowest BCUT2D eigenvalue weighted by molar-refractivity contribution is 0.0649. The molecule has 5 aliphatic rings. The Hall–Kier alpha value is -2.46. The Labute approximate surface area is 195 Å². The molecule has 2 saturated carbocycles. The third-order valence-electron chi connectivity index (χ3n) is 8.79. The zero-order valence-electron chi connectivity index (χ0n) is 18.7. The third kappa shape index (κ3) is 2.87. The molecule has 180 valence electrons. The molecule has 0 unspecified atom stereocenters. The minimum atomic E-state index is -1.01. The highest BCUT2D eigenvalue weighted by molar-refractivity contribution is 5.89. The van der Waals surface area contributed by atoms with Crippen molar-refractivity contribution >= 4 is 16.7 Å². The van der Waals surface area contributed by atoms with Crippen LogP contribution in [0.2, 0.25) is 0 Å². The average molecular weight is 473 g/mol. The molecule has 0 radical (unpaired) electrons. The number of halogens is 3. The van der Waals surface area contributed by atoms with Gasteiger partial charge in [-0.15, -0.1) is 0 Å². The number of fused-ring (bicyclic) bond motifs is 4. The maximum absolute atomic E-state index is 14.8. The van der Waals surface area contributed by atoms with Crippen molar-refractivity contribution in [1.82, 2.24) is 19.9 Å². The first-order valence-corrected chi connectivity index (χ1v) is 12.0. The largest absolute Gasteiger partial charge is 0.461 e. The molecule has 2 aliphatic carbocycles. The molecule has 7 nitrogen and oxygen atoms in total. The van der Waals surface area contributed by atoms with Crippen LogP contribution in [0.4, 0.5) is 19.0 Å². The summed E-state index contributed by atoms with van der Waals surface area (Å²) in [7, 11) is 0. The van der Waals surface area contributed by atoms with Crippen molar-refractivity contribution in [3.05, 3.63) is 30.1 Å². The van der Waals surface area contributed by atoms with E-state index in [0.29, 0.717) is 50.5 Å². The standard InChI is InChI=1S/C24H26F3N5O2/c25-8-14-7-24(23(1-2-23)3-4-31(24)11-14)13-34-22-29-19-15(9-28-10-17(19)26)21(30-22)32-5-6-33-12-16-18(27)20(16)32/h8-10,16,18,20H,1-7,11-13H2/b14-8+/t16-,18-,20-,24-/m0/s1. The molecular formula is C24H26F3N5O2. The molecule has 34 heavy (non-hydrogen) atoms. The number of pyridine rings is 1. The fourth-order valence-corrected chi connectivity index (χ4v) is 6.70. The van der Waals surface area contributed by atoms with E-state index in [1.165, 1.54) is 6.20 Å². The normalized spacial score (nSPS) is 35.0. The van der Waals surface area contributed by atoms with Crippen molar-refractivity contribution in [3.63, 3.8) is 0 Å². The first-order valence-electron chi connectivity index (χ1n) is 12.0. The van der Waals surface area contributed by atoms with Crippen molar-refractivity contribution in [2.75, 3.05) is 44.4 Å². The van der Waals surface area contributed by atoms with Gasteiger partial charge in [0.15, 0.2) is 5.82 Å². The van der Waals surface area contributed by atoms with Crippen LogP contribution in [0.1, 0.15) is 25.7 Å². The van der Waals surface area contributed by atoms with Crippen LogP contribution >= 0.6 is 0 Å². The Morgan fingerprint density at radius 2 is 2.09 bits per heavy atom. The van der Waals surface area contributed by atoms with Crippen molar-refractivity contribution < 1.29 is 22.6 Å². The van der Waals surface area contributed by atoms with Gasteiger partial charge in [-0.3, -0.25) is 9.88 Å². The molecule has 5 fully saturated rings. The Morgan fingerprint density at radius 1 is 1.21 bits per heavy atom. The lowest BCUT2D eigenvalue weighted by Gasteiger charge is -2.36. The zero-order valence-corrected chi connectivity index (χ0v) is 18.7. The summed E-state index contributed by atoms with van der Waals surface area (Å²) >= 11 is 0. The van der Waals surface area contributed by atoms with Crippen LogP contribution in [0.5, 0.6) is 6.01 Å². The van der Waals surface area contributed by atoms with Gasteiger partial charge in [-0.05, 0) is 43.2 Å². The molecule has 2 aromatic heterocycles. The maximum atomic E-state index is 14.8.